The molecule has 1 aliphatic rings. The van der Waals surface area contributed by atoms with Crippen molar-refractivity contribution in [1.29, 1.82) is 0 Å². The number of amides is 1. The Labute approximate surface area is 141 Å². The predicted molar refractivity (Wildman–Crippen MR) is 88.7 cm³/mol. The van der Waals surface area contributed by atoms with Crippen molar-refractivity contribution in [1.82, 2.24) is 5.32 Å². The van der Waals surface area contributed by atoms with Gasteiger partial charge in [0.05, 0.1) is 6.04 Å². The number of hydrogen-bond acceptors (Lipinski definition) is 5. The number of carbonyl (C=O) groups is 2. The molecule has 1 saturated heterocycles. The molecule has 0 radical (unpaired) electrons. The number of nitrogens with one attached hydrogen (secondary N) is 1. The maximum atomic E-state index is 12.5. The van der Waals surface area contributed by atoms with Gasteiger partial charge in [-0.15, -0.1) is 22.7 Å². The molecule has 1 amide bonds. The Morgan fingerprint density at radius 1 is 1.26 bits per heavy atom. The van der Waals surface area contributed by atoms with Crippen LogP contribution in [0.1, 0.15) is 29.1 Å². The Kier molecular flexibility index (Phi) is 4.79. The number of thiophene rings is 2. The largest absolute Gasteiger partial charge is 0.479 e. The first kappa shape index (κ1) is 16.2. The molecule has 0 bridgehead atoms. The molecule has 0 aromatic carbocycles. The predicted octanol–water partition coefficient (Wildman–Crippen LogP) is 2.89. The number of carboxylic acids is 1. The lowest BCUT2D eigenvalue weighted by Gasteiger charge is -2.19. The molecule has 3 rings (SSSR count). The zero-order valence-electron chi connectivity index (χ0n) is 12.5. The van der Waals surface area contributed by atoms with Crippen LogP contribution in [-0.4, -0.2) is 29.2 Å². The summed E-state index contributed by atoms with van der Waals surface area (Å²) >= 11 is 3.15. The number of carbonyl (C=O) groups excluding carboxylic acids is 1. The number of ether oxygens (including phenoxy) is 1. The Balaban J connectivity index is 1.74. The highest BCUT2D eigenvalue weighted by molar-refractivity contribution is 7.11. The Hall–Kier alpha value is -1.70. The molecule has 3 heterocycles. The van der Waals surface area contributed by atoms with Crippen LogP contribution >= 0.6 is 22.7 Å². The molecule has 0 unspecified atom stereocenters. The summed E-state index contributed by atoms with van der Waals surface area (Å²) in [5, 5.41) is 16.1. The Morgan fingerprint density at radius 2 is 1.87 bits per heavy atom. The topological polar surface area (TPSA) is 75.6 Å². The fourth-order valence-electron chi connectivity index (χ4n) is 2.73. The third-order valence-electron chi connectivity index (χ3n) is 3.89. The highest BCUT2D eigenvalue weighted by Gasteiger charge is 2.41. The van der Waals surface area contributed by atoms with Gasteiger partial charge >= 0.3 is 5.97 Å². The zero-order chi connectivity index (χ0) is 16.4. The number of hydrogen-bond donors (Lipinski definition) is 2. The normalized spacial score (nSPS) is 24.0. The van der Waals surface area contributed by atoms with E-state index >= 15 is 0 Å². The molecule has 1 fully saturated rings. The van der Waals surface area contributed by atoms with Crippen molar-refractivity contribution in [3.05, 3.63) is 44.8 Å². The van der Waals surface area contributed by atoms with Gasteiger partial charge in [-0.2, -0.15) is 0 Å². The summed E-state index contributed by atoms with van der Waals surface area (Å²) in [4.78, 5) is 25.7. The average molecular weight is 351 g/mol. The van der Waals surface area contributed by atoms with Gasteiger partial charge in [0.25, 0.3) is 0 Å². The Bertz CT molecular complexity index is 634. The number of carboxylic acid groups (broad SMARTS) is 1. The summed E-state index contributed by atoms with van der Waals surface area (Å²) < 4.78 is 5.43. The van der Waals surface area contributed by atoms with E-state index < -0.39 is 18.2 Å². The van der Waals surface area contributed by atoms with Crippen LogP contribution < -0.4 is 5.32 Å². The summed E-state index contributed by atoms with van der Waals surface area (Å²) in [5.74, 6) is -1.45. The lowest BCUT2D eigenvalue weighted by atomic mass is 10.0. The van der Waals surface area contributed by atoms with Gasteiger partial charge < -0.3 is 15.2 Å². The second kappa shape index (κ2) is 6.82. The van der Waals surface area contributed by atoms with Gasteiger partial charge in [-0.25, -0.2) is 4.79 Å². The van der Waals surface area contributed by atoms with Gasteiger partial charge in [-0.05, 0) is 35.2 Å². The van der Waals surface area contributed by atoms with Crippen LogP contribution in [0.25, 0.3) is 0 Å². The average Bonchev–Trinajstić information content (AvgIpc) is 3.25. The standard InChI is InChI=1S/C16H17NO4S2/c1-9-8-10(21-14(9)16(19)20)15(18)17-13(11-4-2-6-22-11)12-5-3-7-23-12/h2-7,9-10,13-14H,8H2,1H3,(H,17,18)(H,19,20)/t9-,10-,14-/m1/s1. The van der Waals surface area contributed by atoms with Gasteiger partial charge in [0, 0.05) is 9.75 Å². The van der Waals surface area contributed by atoms with Gasteiger partial charge in [0.1, 0.15) is 6.10 Å². The molecule has 2 aromatic rings. The number of aliphatic carboxylic acids is 1. The minimum atomic E-state index is -1.01. The van der Waals surface area contributed by atoms with E-state index in [1.807, 2.05) is 35.0 Å². The third-order valence-corrected chi connectivity index (χ3v) is 5.77. The molecule has 0 saturated carbocycles. The smallest absolute Gasteiger partial charge is 0.333 e. The summed E-state index contributed by atoms with van der Waals surface area (Å²) in [6.07, 6.45) is -1.20. The van der Waals surface area contributed by atoms with Crippen LogP contribution in [0.3, 0.4) is 0 Å². The molecule has 3 atom stereocenters. The van der Waals surface area contributed by atoms with Crippen LogP contribution in [0, 0.1) is 5.92 Å². The molecule has 2 N–H and O–H groups in total. The highest BCUT2D eigenvalue weighted by Crippen LogP contribution is 2.31. The molecule has 122 valence electrons. The summed E-state index contributed by atoms with van der Waals surface area (Å²) in [6.45, 7) is 1.79. The first-order valence-electron chi connectivity index (χ1n) is 7.31. The van der Waals surface area contributed by atoms with E-state index in [1.165, 1.54) is 0 Å². The first-order valence-corrected chi connectivity index (χ1v) is 9.07. The zero-order valence-corrected chi connectivity index (χ0v) is 14.1. The molecule has 5 nitrogen and oxygen atoms in total. The van der Waals surface area contributed by atoms with Crippen molar-refractivity contribution in [3.63, 3.8) is 0 Å². The lowest BCUT2D eigenvalue weighted by Crippen LogP contribution is -2.37. The van der Waals surface area contributed by atoms with Crippen molar-refractivity contribution in [2.45, 2.75) is 31.6 Å². The van der Waals surface area contributed by atoms with E-state index in [0.717, 1.165) is 9.75 Å². The van der Waals surface area contributed by atoms with E-state index in [4.69, 9.17) is 9.84 Å². The summed E-state index contributed by atoms with van der Waals surface area (Å²) in [6, 6.07) is 7.63. The molecular formula is C16H17NO4S2. The molecule has 0 spiro atoms. The van der Waals surface area contributed by atoms with Crippen LogP contribution in [0.2, 0.25) is 0 Å². The van der Waals surface area contributed by atoms with E-state index in [1.54, 1.807) is 29.6 Å². The SMILES string of the molecule is C[C@@H]1C[C@H](C(=O)NC(c2cccs2)c2cccs2)O[C@H]1C(=O)O. The second-order valence-corrected chi connectivity index (χ2v) is 7.53. The van der Waals surface area contributed by atoms with Crippen LogP contribution in [0.15, 0.2) is 35.0 Å². The van der Waals surface area contributed by atoms with E-state index in [-0.39, 0.29) is 17.9 Å². The Morgan fingerprint density at radius 3 is 2.30 bits per heavy atom. The van der Waals surface area contributed by atoms with Crippen molar-refractivity contribution >= 4 is 34.6 Å². The van der Waals surface area contributed by atoms with Gasteiger partial charge in [0.15, 0.2) is 6.10 Å². The molecule has 7 heteroatoms. The van der Waals surface area contributed by atoms with Crippen molar-refractivity contribution in [2.24, 2.45) is 5.92 Å². The van der Waals surface area contributed by atoms with Crippen molar-refractivity contribution in [2.75, 3.05) is 0 Å². The quantitative estimate of drug-likeness (QED) is 0.868. The monoisotopic (exact) mass is 351 g/mol. The maximum Gasteiger partial charge on any atom is 0.333 e. The molecule has 0 aliphatic carbocycles. The fraction of sp³-hybridized carbons (Fsp3) is 0.375. The summed E-state index contributed by atoms with van der Waals surface area (Å²) in [5.41, 5.74) is 0. The number of rotatable bonds is 5. The molecule has 2 aromatic heterocycles. The third kappa shape index (κ3) is 3.46. The minimum absolute atomic E-state index is 0.176. The van der Waals surface area contributed by atoms with Gasteiger partial charge in [0.2, 0.25) is 5.91 Å². The molecule has 1 aliphatic heterocycles. The van der Waals surface area contributed by atoms with E-state index in [9.17, 15) is 9.59 Å². The van der Waals surface area contributed by atoms with Crippen LogP contribution in [-0.2, 0) is 14.3 Å². The van der Waals surface area contributed by atoms with E-state index in [2.05, 4.69) is 5.32 Å². The fourth-order valence-corrected chi connectivity index (χ4v) is 4.39. The minimum Gasteiger partial charge on any atom is -0.479 e. The lowest BCUT2D eigenvalue weighted by molar-refractivity contribution is -0.153. The van der Waals surface area contributed by atoms with Gasteiger partial charge in [-0.1, -0.05) is 19.1 Å². The highest BCUT2D eigenvalue weighted by atomic mass is 32.1. The van der Waals surface area contributed by atoms with Crippen molar-refractivity contribution in [3.8, 4) is 0 Å². The summed E-state index contributed by atoms with van der Waals surface area (Å²) in [7, 11) is 0. The first-order chi connectivity index (χ1) is 11.1. The van der Waals surface area contributed by atoms with Crippen LogP contribution in [0.4, 0.5) is 0 Å². The van der Waals surface area contributed by atoms with Crippen molar-refractivity contribution < 1.29 is 19.4 Å². The molecular weight excluding hydrogens is 334 g/mol. The van der Waals surface area contributed by atoms with Gasteiger partial charge in [-0.3, -0.25) is 4.79 Å². The second-order valence-electron chi connectivity index (χ2n) is 5.57. The van der Waals surface area contributed by atoms with Crippen LogP contribution in [0.5, 0.6) is 0 Å². The van der Waals surface area contributed by atoms with E-state index in [0.29, 0.717) is 6.42 Å². The molecule has 23 heavy (non-hydrogen) atoms. The maximum absolute atomic E-state index is 12.5.